The first-order valence-corrected chi connectivity index (χ1v) is 8.87. The minimum atomic E-state index is -0.599. The van der Waals surface area contributed by atoms with Crippen molar-refractivity contribution in [2.24, 2.45) is 0 Å². The number of aromatic nitrogens is 2. The monoisotopic (exact) mass is 381 g/mol. The van der Waals surface area contributed by atoms with Crippen LogP contribution in [-0.2, 0) is 4.74 Å². The molecule has 7 heteroatoms. The molecule has 0 aliphatic carbocycles. The highest BCUT2D eigenvalue weighted by atomic mass is 16.5. The van der Waals surface area contributed by atoms with Gasteiger partial charge in [0, 0.05) is 34.9 Å². The quantitative estimate of drug-likeness (QED) is 0.738. The van der Waals surface area contributed by atoms with E-state index in [1.165, 1.54) is 28.7 Å². The van der Waals surface area contributed by atoms with Crippen LogP contribution >= 0.6 is 0 Å². The number of hydrogen-bond donors (Lipinski definition) is 1. The van der Waals surface area contributed by atoms with Crippen LogP contribution < -0.4 is 15.9 Å². The number of amides is 1. The number of H-pyrrole nitrogens is 1. The summed E-state index contributed by atoms with van der Waals surface area (Å²) in [5.41, 5.74) is 1.05. The van der Waals surface area contributed by atoms with Gasteiger partial charge in [0.05, 0.1) is 12.6 Å². The standard InChI is InChI=1S/C21H23N3O4/c1-13-6-9-19(26)23(12-13)14-7-8-16-15(10-14)17(25)11-18(22-16)24(20(27)28-5)21(2,3)4/h6-12H,1-5H3,(H,22,25). The van der Waals surface area contributed by atoms with Crippen molar-refractivity contribution in [3.8, 4) is 5.69 Å². The van der Waals surface area contributed by atoms with Crippen LogP contribution in [-0.4, -0.2) is 28.3 Å². The molecule has 0 fully saturated rings. The highest BCUT2D eigenvalue weighted by Crippen LogP contribution is 2.24. The molecule has 0 aliphatic rings. The molecule has 146 valence electrons. The maximum Gasteiger partial charge on any atom is 0.415 e. The summed E-state index contributed by atoms with van der Waals surface area (Å²) >= 11 is 0. The van der Waals surface area contributed by atoms with Gasteiger partial charge in [-0.05, 0) is 51.5 Å². The van der Waals surface area contributed by atoms with E-state index < -0.39 is 11.6 Å². The van der Waals surface area contributed by atoms with Crippen molar-refractivity contribution in [1.29, 1.82) is 0 Å². The number of aryl methyl sites for hydroxylation is 1. The van der Waals surface area contributed by atoms with Crippen LogP contribution in [0.25, 0.3) is 16.6 Å². The number of carbonyl (C=O) groups is 1. The Labute approximate surface area is 162 Å². The van der Waals surface area contributed by atoms with Crippen LogP contribution in [0.1, 0.15) is 26.3 Å². The molecule has 1 N–H and O–H groups in total. The molecule has 1 aromatic carbocycles. The minimum absolute atomic E-state index is 0.178. The fraction of sp³-hybridized carbons (Fsp3) is 0.286. The number of hydrogen-bond acceptors (Lipinski definition) is 4. The maximum absolute atomic E-state index is 12.8. The highest BCUT2D eigenvalue weighted by Gasteiger charge is 2.30. The largest absolute Gasteiger partial charge is 0.452 e. The molecule has 28 heavy (non-hydrogen) atoms. The number of pyridine rings is 2. The van der Waals surface area contributed by atoms with E-state index in [2.05, 4.69) is 4.98 Å². The van der Waals surface area contributed by atoms with Crippen molar-refractivity contribution in [3.63, 3.8) is 0 Å². The molecule has 2 aromatic heterocycles. The van der Waals surface area contributed by atoms with Crippen molar-refractivity contribution in [2.75, 3.05) is 12.0 Å². The SMILES string of the molecule is COC(=O)N(c1cc(=O)c2cc(-n3cc(C)ccc3=O)ccc2[nH]1)C(C)(C)C. The first-order chi connectivity index (χ1) is 13.1. The number of nitrogens with zero attached hydrogens (tertiary/aromatic N) is 2. The van der Waals surface area contributed by atoms with E-state index in [4.69, 9.17) is 4.74 Å². The average Bonchev–Trinajstić information content (AvgIpc) is 2.62. The Balaban J connectivity index is 2.18. The Morgan fingerprint density at radius 3 is 2.46 bits per heavy atom. The van der Waals surface area contributed by atoms with Crippen molar-refractivity contribution >= 4 is 22.8 Å². The number of fused-ring (bicyclic) bond motifs is 1. The fourth-order valence-corrected chi connectivity index (χ4v) is 3.11. The van der Waals surface area contributed by atoms with Gasteiger partial charge in [0.25, 0.3) is 5.56 Å². The lowest BCUT2D eigenvalue weighted by molar-refractivity contribution is 0.172. The molecule has 0 radical (unpaired) electrons. The molecule has 0 atom stereocenters. The zero-order valence-electron chi connectivity index (χ0n) is 16.6. The first-order valence-electron chi connectivity index (χ1n) is 8.87. The second-order valence-electron chi connectivity index (χ2n) is 7.64. The van der Waals surface area contributed by atoms with Crippen LogP contribution in [0.15, 0.2) is 52.2 Å². The van der Waals surface area contributed by atoms with E-state index in [1.807, 2.05) is 27.7 Å². The summed E-state index contributed by atoms with van der Waals surface area (Å²) in [7, 11) is 1.30. The Morgan fingerprint density at radius 1 is 1.11 bits per heavy atom. The van der Waals surface area contributed by atoms with E-state index in [1.54, 1.807) is 30.5 Å². The number of methoxy groups -OCH3 is 1. The van der Waals surface area contributed by atoms with Crippen molar-refractivity contribution in [3.05, 3.63) is 68.7 Å². The van der Waals surface area contributed by atoms with Gasteiger partial charge in [0.15, 0.2) is 5.43 Å². The number of benzene rings is 1. The molecular formula is C21H23N3O4. The zero-order valence-corrected chi connectivity index (χ0v) is 16.6. The van der Waals surface area contributed by atoms with Gasteiger partial charge in [0.1, 0.15) is 5.82 Å². The molecular weight excluding hydrogens is 358 g/mol. The summed E-state index contributed by atoms with van der Waals surface area (Å²) < 4.78 is 6.37. The fourth-order valence-electron chi connectivity index (χ4n) is 3.11. The molecule has 0 aliphatic heterocycles. The van der Waals surface area contributed by atoms with E-state index in [-0.39, 0.29) is 11.0 Å². The van der Waals surface area contributed by atoms with Gasteiger partial charge in [-0.1, -0.05) is 6.07 Å². The van der Waals surface area contributed by atoms with E-state index in [9.17, 15) is 14.4 Å². The summed E-state index contributed by atoms with van der Waals surface area (Å²) in [6.07, 6.45) is 1.16. The van der Waals surface area contributed by atoms with Crippen LogP contribution in [0, 0.1) is 6.92 Å². The topological polar surface area (TPSA) is 84.4 Å². The van der Waals surface area contributed by atoms with Gasteiger partial charge < -0.3 is 9.72 Å². The zero-order chi connectivity index (χ0) is 20.6. The van der Waals surface area contributed by atoms with Gasteiger partial charge >= 0.3 is 6.09 Å². The van der Waals surface area contributed by atoms with Gasteiger partial charge in [0.2, 0.25) is 0 Å². The molecule has 0 saturated carbocycles. The molecule has 7 nitrogen and oxygen atoms in total. The molecule has 3 aromatic rings. The Hall–Kier alpha value is -3.35. The van der Waals surface area contributed by atoms with E-state index in [0.717, 1.165) is 5.56 Å². The number of aromatic amines is 1. The Bertz CT molecular complexity index is 1170. The Kier molecular flexibility index (Phi) is 4.85. The molecule has 2 heterocycles. The first kappa shape index (κ1) is 19.4. The third-order valence-electron chi connectivity index (χ3n) is 4.41. The van der Waals surface area contributed by atoms with Gasteiger partial charge in [-0.2, -0.15) is 0 Å². The predicted octanol–water partition coefficient (Wildman–Crippen LogP) is 3.36. The lowest BCUT2D eigenvalue weighted by Crippen LogP contribution is -2.46. The molecule has 1 amide bonds. The van der Waals surface area contributed by atoms with Gasteiger partial charge in [-0.15, -0.1) is 0 Å². The van der Waals surface area contributed by atoms with E-state index in [0.29, 0.717) is 22.4 Å². The number of rotatable bonds is 2. The average molecular weight is 381 g/mol. The molecule has 3 rings (SSSR count). The van der Waals surface area contributed by atoms with Crippen molar-refractivity contribution < 1.29 is 9.53 Å². The second kappa shape index (κ2) is 6.99. The van der Waals surface area contributed by atoms with Gasteiger partial charge in [-0.25, -0.2) is 4.79 Å². The van der Waals surface area contributed by atoms with Crippen LogP contribution in [0.3, 0.4) is 0 Å². The molecule has 0 unspecified atom stereocenters. The summed E-state index contributed by atoms with van der Waals surface area (Å²) in [6.45, 7) is 7.43. The number of carbonyl (C=O) groups excluding carboxylic acids is 1. The lowest BCUT2D eigenvalue weighted by Gasteiger charge is -2.33. The van der Waals surface area contributed by atoms with Crippen molar-refractivity contribution in [2.45, 2.75) is 33.2 Å². The molecule has 0 saturated heterocycles. The lowest BCUT2D eigenvalue weighted by atomic mass is 10.1. The molecule has 0 bridgehead atoms. The maximum atomic E-state index is 12.8. The second-order valence-corrected chi connectivity index (χ2v) is 7.64. The van der Waals surface area contributed by atoms with Gasteiger partial charge in [-0.3, -0.25) is 19.1 Å². The predicted molar refractivity (Wildman–Crippen MR) is 110 cm³/mol. The minimum Gasteiger partial charge on any atom is -0.452 e. The van der Waals surface area contributed by atoms with Crippen LogP contribution in [0.4, 0.5) is 10.6 Å². The third-order valence-corrected chi connectivity index (χ3v) is 4.41. The van der Waals surface area contributed by atoms with Crippen LogP contribution in [0.2, 0.25) is 0 Å². The number of anilines is 1. The highest BCUT2D eigenvalue weighted by molar-refractivity contribution is 5.90. The summed E-state index contributed by atoms with van der Waals surface area (Å²) in [4.78, 5) is 41.8. The smallest absolute Gasteiger partial charge is 0.415 e. The summed E-state index contributed by atoms with van der Waals surface area (Å²) in [5, 5.41) is 0.424. The van der Waals surface area contributed by atoms with E-state index >= 15 is 0 Å². The normalized spacial score (nSPS) is 11.5. The Morgan fingerprint density at radius 2 is 1.82 bits per heavy atom. The number of ether oxygens (including phenoxy) is 1. The summed E-state index contributed by atoms with van der Waals surface area (Å²) in [5.74, 6) is 0.345. The molecule has 0 spiro atoms. The number of nitrogens with one attached hydrogen (secondary N) is 1. The third kappa shape index (κ3) is 3.55. The van der Waals surface area contributed by atoms with Crippen LogP contribution in [0.5, 0.6) is 0 Å². The van der Waals surface area contributed by atoms with Crippen molar-refractivity contribution in [1.82, 2.24) is 9.55 Å². The summed E-state index contributed by atoms with van der Waals surface area (Å²) in [6, 6.07) is 9.74.